The predicted octanol–water partition coefficient (Wildman–Crippen LogP) is 5.73. The molecule has 0 saturated carbocycles. The number of benzene rings is 2. The van der Waals surface area contributed by atoms with Crippen LogP contribution in [0.25, 0.3) is 5.76 Å². The summed E-state index contributed by atoms with van der Waals surface area (Å²) < 4.78 is 11.0. The quantitative estimate of drug-likeness (QED) is 0.267. The van der Waals surface area contributed by atoms with Crippen molar-refractivity contribution in [2.24, 2.45) is 5.92 Å². The predicted molar refractivity (Wildman–Crippen MR) is 134 cm³/mol. The molecular formula is C27H27NO5S. The minimum atomic E-state index is -0.742. The summed E-state index contributed by atoms with van der Waals surface area (Å²) in [5, 5.41) is 13.2. The van der Waals surface area contributed by atoms with E-state index in [1.165, 1.54) is 16.2 Å². The van der Waals surface area contributed by atoms with Crippen molar-refractivity contribution in [1.82, 2.24) is 0 Å². The average Bonchev–Trinajstić information content (AvgIpc) is 3.37. The van der Waals surface area contributed by atoms with Crippen LogP contribution in [-0.4, -0.2) is 30.5 Å². The van der Waals surface area contributed by atoms with E-state index in [4.69, 9.17) is 9.47 Å². The second kappa shape index (κ2) is 9.73. The van der Waals surface area contributed by atoms with Gasteiger partial charge in [-0.3, -0.25) is 14.5 Å². The first-order valence-electron chi connectivity index (χ1n) is 11.0. The molecule has 0 radical (unpaired) electrons. The second-order valence-corrected chi connectivity index (χ2v) is 9.52. The van der Waals surface area contributed by atoms with Gasteiger partial charge >= 0.3 is 0 Å². The van der Waals surface area contributed by atoms with Gasteiger partial charge in [0.25, 0.3) is 11.7 Å². The van der Waals surface area contributed by atoms with Gasteiger partial charge in [-0.1, -0.05) is 26.0 Å². The zero-order chi connectivity index (χ0) is 24.4. The Morgan fingerprint density at radius 1 is 1.09 bits per heavy atom. The molecule has 34 heavy (non-hydrogen) atoms. The summed E-state index contributed by atoms with van der Waals surface area (Å²) in [7, 11) is 1.56. The van der Waals surface area contributed by atoms with Gasteiger partial charge in [0.2, 0.25) is 0 Å². The van der Waals surface area contributed by atoms with Crippen molar-refractivity contribution in [1.29, 1.82) is 0 Å². The third-order valence-electron chi connectivity index (χ3n) is 5.64. The van der Waals surface area contributed by atoms with Crippen LogP contribution in [0.2, 0.25) is 0 Å². The van der Waals surface area contributed by atoms with Crippen molar-refractivity contribution < 1.29 is 24.2 Å². The number of nitrogens with zero attached hydrogens (tertiary/aromatic N) is 1. The normalized spacial score (nSPS) is 17.4. The molecule has 1 aliphatic rings. The van der Waals surface area contributed by atoms with Crippen LogP contribution in [0.4, 0.5) is 5.69 Å². The number of methoxy groups -OCH3 is 1. The first-order chi connectivity index (χ1) is 16.3. The fourth-order valence-electron chi connectivity index (χ4n) is 3.91. The number of aliphatic hydroxyl groups excluding tert-OH is 1. The van der Waals surface area contributed by atoms with Crippen molar-refractivity contribution in [3.8, 4) is 11.5 Å². The number of anilines is 1. The third kappa shape index (κ3) is 4.43. The number of hydrogen-bond acceptors (Lipinski definition) is 6. The molecule has 1 atom stereocenters. The minimum Gasteiger partial charge on any atom is -0.507 e. The van der Waals surface area contributed by atoms with Gasteiger partial charge in [0.15, 0.2) is 0 Å². The largest absolute Gasteiger partial charge is 0.507 e. The number of Topliss-reactive ketones (excluding diaryl/α,β-unsaturated/α-hetero) is 1. The Morgan fingerprint density at radius 2 is 1.82 bits per heavy atom. The zero-order valence-electron chi connectivity index (χ0n) is 19.6. The molecule has 176 valence electrons. The lowest BCUT2D eigenvalue weighted by Crippen LogP contribution is -2.29. The number of thiophene rings is 1. The molecule has 1 aliphatic heterocycles. The minimum absolute atomic E-state index is 0.0624. The number of carbonyl (C=O) groups is 2. The van der Waals surface area contributed by atoms with Gasteiger partial charge < -0.3 is 14.6 Å². The van der Waals surface area contributed by atoms with Crippen LogP contribution in [0.15, 0.2) is 65.6 Å². The van der Waals surface area contributed by atoms with E-state index < -0.39 is 17.7 Å². The Hall–Kier alpha value is -3.58. The molecule has 1 saturated heterocycles. The Balaban J connectivity index is 1.84. The van der Waals surface area contributed by atoms with Crippen molar-refractivity contribution in [3.63, 3.8) is 0 Å². The van der Waals surface area contributed by atoms with E-state index in [-0.39, 0.29) is 11.3 Å². The highest BCUT2D eigenvalue weighted by Crippen LogP contribution is 2.45. The fraction of sp³-hybridized carbons (Fsp3) is 0.259. The van der Waals surface area contributed by atoms with Gasteiger partial charge in [0, 0.05) is 16.1 Å². The van der Waals surface area contributed by atoms with Crippen molar-refractivity contribution in [2.75, 3.05) is 18.6 Å². The molecule has 6 nitrogen and oxygen atoms in total. The van der Waals surface area contributed by atoms with E-state index >= 15 is 0 Å². The highest BCUT2D eigenvalue weighted by Gasteiger charge is 2.47. The van der Waals surface area contributed by atoms with Crippen LogP contribution >= 0.6 is 11.3 Å². The highest BCUT2D eigenvalue weighted by molar-refractivity contribution is 7.10. The molecule has 0 aliphatic carbocycles. The van der Waals surface area contributed by atoms with Gasteiger partial charge in [0.1, 0.15) is 23.3 Å². The zero-order valence-corrected chi connectivity index (χ0v) is 20.4. The smallest absolute Gasteiger partial charge is 0.300 e. The van der Waals surface area contributed by atoms with Crippen molar-refractivity contribution in [2.45, 2.75) is 26.8 Å². The van der Waals surface area contributed by atoms with Gasteiger partial charge in [0.05, 0.1) is 19.3 Å². The van der Waals surface area contributed by atoms with Crippen LogP contribution < -0.4 is 14.4 Å². The number of carbonyl (C=O) groups excluding carboxylic acids is 2. The van der Waals surface area contributed by atoms with E-state index in [2.05, 4.69) is 0 Å². The van der Waals surface area contributed by atoms with Gasteiger partial charge in [-0.25, -0.2) is 0 Å². The summed E-state index contributed by atoms with van der Waals surface area (Å²) in [4.78, 5) is 28.8. The Labute approximate surface area is 203 Å². The van der Waals surface area contributed by atoms with Crippen LogP contribution in [0, 0.1) is 12.8 Å². The van der Waals surface area contributed by atoms with E-state index in [0.29, 0.717) is 35.3 Å². The molecule has 4 rings (SSSR count). The summed E-state index contributed by atoms with van der Waals surface area (Å²) >= 11 is 1.45. The number of hydrogen-bond donors (Lipinski definition) is 1. The molecule has 1 N–H and O–H groups in total. The molecule has 2 heterocycles. The Morgan fingerprint density at radius 3 is 2.44 bits per heavy atom. The molecule has 2 aromatic carbocycles. The van der Waals surface area contributed by atoms with E-state index in [9.17, 15) is 14.7 Å². The standard InChI is InChI=1S/C27H27NO5S/c1-16(2)15-33-21-7-5-6-18(14-21)24(29)22-23(26-17(3)12-13-34-26)28(27(31)25(22)30)19-8-10-20(32-4)11-9-19/h5-14,16,23,29H,15H2,1-4H3/b24-22-. The molecule has 0 bridgehead atoms. The lowest BCUT2D eigenvalue weighted by Gasteiger charge is -2.25. The fourth-order valence-corrected chi connectivity index (χ4v) is 4.93. The average molecular weight is 478 g/mol. The lowest BCUT2D eigenvalue weighted by atomic mass is 9.98. The number of aliphatic hydroxyl groups is 1. The Bertz CT molecular complexity index is 1240. The molecule has 1 fully saturated rings. The van der Waals surface area contributed by atoms with Gasteiger partial charge in [-0.05, 0) is 66.2 Å². The monoisotopic (exact) mass is 477 g/mol. The molecule has 0 spiro atoms. The maximum Gasteiger partial charge on any atom is 0.300 e. The van der Waals surface area contributed by atoms with Crippen molar-refractivity contribution in [3.05, 3.63) is 81.6 Å². The number of aryl methyl sites for hydroxylation is 1. The summed E-state index contributed by atoms with van der Waals surface area (Å²) in [5.74, 6) is -0.0548. The molecular weight excluding hydrogens is 450 g/mol. The summed E-state index contributed by atoms with van der Waals surface area (Å²) in [6, 6.07) is 15.1. The topological polar surface area (TPSA) is 76.1 Å². The van der Waals surface area contributed by atoms with E-state index in [1.807, 2.05) is 32.2 Å². The van der Waals surface area contributed by atoms with Crippen LogP contribution in [0.5, 0.6) is 11.5 Å². The summed E-state index contributed by atoms with van der Waals surface area (Å²) in [5.41, 5.74) is 1.98. The lowest BCUT2D eigenvalue weighted by molar-refractivity contribution is -0.132. The van der Waals surface area contributed by atoms with Gasteiger partial charge in [-0.15, -0.1) is 11.3 Å². The summed E-state index contributed by atoms with van der Waals surface area (Å²) in [6.07, 6.45) is 0. The van der Waals surface area contributed by atoms with E-state index in [1.54, 1.807) is 55.6 Å². The number of ether oxygens (including phenoxy) is 2. The summed E-state index contributed by atoms with van der Waals surface area (Å²) in [6.45, 7) is 6.56. The number of ketones is 1. The van der Waals surface area contributed by atoms with Crippen LogP contribution in [0.1, 0.15) is 35.9 Å². The van der Waals surface area contributed by atoms with Crippen molar-refractivity contribution >= 4 is 34.5 Å². The van der Waals surface area contributed by atoms with Crippen LogP contribution in [0.3, 0.4) is 0 Å². The Kier molecular flexibility index (Phi) is 6.75. The number of rotatable bonds is 7. The van der Waals surface area contributed by atoms with Gasteiger partial charge in [-0.2, -0.15) is 0 Å². The second-order valence-electron chi connectivity index (χ2n) is 8.57. The molecule has 1 aromatic heterocycles. The van der Waals surface area contributed by atoms with E-state index in [0.717, 1.165) is 10.4 Å². The maximum absolute atomic E-state index is 13.3. The number of amides is 1. The SMILES string of the molecule is COc1ccc(N2C(=O)C(=O)/C(=C(\O)c3cccc(OCC(C)C)c3)C2c2sccc2C)cc1. The molecule has 3 aromatic rings. The highest BCUT2D eigenvalue weighted by atomic mass is 32.1. The maximum atomic E-state index is 13.3. The molecule has 7 heteroatoms. The molecule has 1 amide bonds. The first kappa shape index (κ1) is 23.6. The molecule has 1 unspecified atom stereocenters. The first-order valence-corrected chi connectivity index (χ1v) is 11.9. The van der Waals surface area contributed by atoms with Crippen LogP contribution in [-0.2, 0) is 9.59 Å². The third-order valence-corrected chi connectivity index (χ3v) is 6.71.